The van der Waals surface area contributed by atoms with Gasteiger partial charge in [-0.2, -0.15) is 0 Å². The molecule has 1 aromatic carbocycles. The summed E-state index contributed by atoms with van der Waals surface area (Å²) in [5.74, 6) is 0.841. The van der Waals surface area contributed by atoms with Gasteiger partial charge in [0, 0.05) is 0 Å². The Hall–Kier alpha value is -1.54. The zero-order valence-corrected chi connectivity index (χ0v) is 20.4. The van der Waals surface area contributed by atoms with Crippen LogP contribution in [0.5, 0.6) is 11.5 Å². The molecular formula is C23H39BO5Si. The maximum Gasteiger partial charge on any atom is 0.496 e. The normalized spacial score (nSPS) is 11.8. The molecule has 0 radical (unpaired) electrons. The Labute approximate surface area is 184 Å². The predicted octanol–water partition coefficient (Wildman–Crippen LogP) is 4.58. The fourth-order valence-corrected chi connectivity index (χ4v) is 3.49. The van der Waals surface area contributed by atoms with Crippen LogP contribution in [0.15, 0.2) is 37.4 Å². The molecule has 2 N–H and O–H groups in total. The van der Waals surface area contributed by atoms with Crippen LogP contribution in [0, 0.1) is 0 Å². The van der Waals surface area contributed by atoms with Crippen LogP contribution < -0.4 is 14.9 Å². The molecule has 7 heteroatoms. The van der Waals surface area contributed by atoms with Gasteiger partial charge in [-0.15, -0.1) is 13.2 Å². The van der Waals surface area contributed by atoms with Gasteiger partial charge in [0.2, 0.25) is 0 Å². The molecular weight excluding hydrogens is 395 g/mol. The molecule has 0 aliphatic carbocycles. The zero-order valence-electron chi connectivity index (χ0n) is 19.4. The Morgan fingerprint density at radius 1 is 0.967 bits per heavy atom. The molecule has 168 valence electrons. The van der Waals surface area contributed by atoms with Crippen LogP contribution in [0.1, 0.15) is 52.0 Å². The van der Waals surface area contributed by atoms with E-state index >= 15 is 0 Å². The number of hydrogen-bond donors (Lipinski definition) is 2. The predicted molar refractivity (Wildman–Crippen MR) is 128 cm³/mol. The van der Waals surface area contributed by atoms with Crippen molar-refractivity contribution in [2.75, 3.05) is 13.2 Å². The van der Waals surface area contributed by atoms with Crippen LogP contribution in [0.2, 0.25) is 18.1 Å². The van der Waals surface area contributed by atoms with Gasteiger partial charge < -0.3 is 23.9 Å². The van der Waals surface area contributed by atoms with Crippen LogP contribution in [0.25, 0.3) is 0 Å². The summed E-state index contributed by atoms with van der Waals surface area (Å²) in [4.78, 5) is 0. The summed E-state index contributed by atoms with van der Waals surface area (Å²) in [7, 11) is -3.62. The van der Waals surface area contributed by atoms with Crippen molar-refractivity contribution in [1.82, 2.24) is 0 Å². The van der Waals surface area contributed by atoms with Crippen LogP contribution >= 0.6 is 0 Å². The lowest BCUT2D eigenvalue weighted by atomic mass is 9.78. The summed E-state index contributed by atoms with van der Waals surface area (Å²) in [5, 5.41) is 20.1. The Morgan fingerprint density at radius 3 is 1.80 bits per heavy atom. The summed E-state index contributed by atoms with van der Waals surface area (Å²) >= 11 is 0. The monoisotopic (exact) mass is 434 g/mol. The maximum atomic E-state index is 9.99. The van der Waals surface area contributed by atoms with Gasteiger partial charge >= 0.3 is 7.12 Å². The van der Waals surface area contributed by atoms with Gasteiger partial charge in [0.1, 0.15) is 11.5 Å². The molecule has 0 aromatic heterocycles. The largest absolute Gasteiger partial charge is 0.496 e. The number of allylic oxidation sites excluding steroid dienone is 2. The lowest BCUT2D eigenvalue weighted by Gasteiger charge is -2.36. The number of unbranched alkanes of at least 4 members (excludes halogenated alkanes) is 2. The minimum absolute atomic E-state index is 0.0995. The third-order valence-corrected chi connectivity index (χ3v) is 9.93. The van der Waals surface area contributed by atoms with E-state index in [9.17, 15) is 10.0 Å². The third-order valence-electron chi connectivity index (χ3n) is 5.45. The highest BCUT2D eigenvalue weighted by Gasteiger charge is 2.37. The van der Waals surface area contributed by atoms with Gasteiger partial charge in [0.05, 0.1) is 25.3 Å². The average molecular weight is 434 g/mol. The van der Waals surface area contributed by atoms with Crippen molar-refractivity contribution in [2.45, 2.75) is 71.2 Å². The van der Waals surface area contributed by atoms with E-state index in [4.69, 9.17) is 13.9 Å². The molecule has 0 aliphatic heterocycles. The van der Waals surface area contributed by atoms with Crippen molar-refractivity contribution in [3.63, 3.8) is 0 Å². The molecule has 0 spiro atoms. The molecule has 1 aromatic rings. The Bertz CT molecular complexity index is 646. The van der Waals surface area contributed by atoms with Crippen LogP contribution in [0.4, 0.5) is 0 Å². The molecule has 0 amide bonds. The lowest BCUT2D eigenvalue weighted by Crippen LogP contribution is -2.40. The van der Waals surface area contributed by atoms with Gasteiger partial charge in [-0.05, 0) is 61.5 Å². The Balaban J connectivity index is 3.16. The molecule has 0 fully saturated rings. The summed E-state index contributed by atoms with van der Waals surface area (Å²) in [6.45, 7) is 19.8. The number of benzene rings is 1. The van der Waals surface area contributed by atoms with E-state index in [0.29, 0.717) is 31.3 Å². The minimum Gasteiger partial charge on any atom is -0.494 e. The van der Waals surface area contributed by atoms with E-state index in [1.165, 1.54) is 0 Å². The first kappa shape index (κ1) is 26.5. The highest BCUT2D eigenvalue weighted by atomic mass is 28.4. The highest BCUT2D eigenvalue weighted by molar-refractivity contribution is 6.74. The minimum atomic E-state index is -1.93. The molecule has 0 atom stereocenters. The first-order chi connectivity index (χ1) is 14.0. The van der Waals surface area contributed by atoms with Crippen LogP contribution in [0.3, 0.4) is 0 Å². The van der Waals surface area contributed by atoms with Crippen LogP contribution in [-0.2, 0) is 11.0 Å². The van der Waals surface area contributed by atoms with E-state index < -0.39 is 15.4 Å². The van der Waals surface area contributed by atoms with Gasteiger partial charge in [-0.1, -0.05) is 32.9 Å². The van der Waals surface area contributed by atoms with E-state index in [1.54, 1.807) is 0 Å². The standard InChI is InChI=1S/C23H39BO5Si/c1-8-10-12-14-27-20-16-19(18-29-30(6,7)23(3,4)5)17-21(22(20)24(25)26)28-15-13-11-9-2/h8-9,16-17,25-26H,1-2,10-15,18H2,3-7H3. The first-order valence-corrected chi connectivity index (χ1v) is 13.6. The third kappa shape index (κ3) is 8.30. The number of rotatable bonds is 14. The second kappa shape index (κ2) is 12.3. The van der Waals surface area contributed by atoms with Gasteiger partial charge in [-0.3, -0.25) is 0 Å². The van der Waals surface area contributed by atoms with E-state index in [-0.39, 0.29) is 10.5 Å². The number of ether oxygens (including phenoxy) is 2. The molecule has 0 saturated carbocycles. The molecule has 0 heterocycles. The van der Waals surface area contributed by atoms with E-state index in [0.717, 1.165) is 31.2 Å². The molecule has 0 unspecified atom stereocenters. The summed E-state index contributed by atoms with van der Waals surface area (Å²) < 4.78 is 18.2. The average Bonchev–Trinajstić information content (AvgIpc) is 2.65. The molecule has 1 rings (SSSR count). The molecule has 30 heavy (non-hydrogen) atoms. The molecule has 0 bridgehead atoms. The van der Waals surface area contributed by atoms with Crippen molar-refractivity contribution in [2.24, 2.45) is 0 Å². The zero-order chi connectivity index (χ0) is 22.8. The van der Waals surface area contributed by atoms with Crippen molar-refractivity contribution >= 4 is 20.9 Å². The summed E-state index contributed by atoms with van der Waals surface area (Å²) in [5.41, 5.74) is 1.14. The van der Waals surface area contributed by atoms with Crippen molar-refractivity contribution < 1.29 is 23.9 Å². The lowest BCUT2D eigenvalue weighted by molar-refractivity contribution is 0.270. The summed E-state index contributed by atoms with van der Waals surface area (Å²) in [6.07, 6.45) is 6.92. The fourth-order valence-electron chi connectivity index (χ4n) is 2.53. The fraction of sp³-hybridized carbons (Fsp3) is 0.565. The Kier molecular flexibility index (Phi) is 10.9. The van der Waals surface area contributed by atoms with Gasteiger partial charge in [-0.25, -0.2) is 0 Å². The smallest absolute Gasteiger partial charge is 0.494 e. The molecule has 0 saturated heterocycles. The number of hydrogen-bond acceptors (Lipinski definition) is 5. The summed E-state index contributed by atoms with van der Waals surface area (Å²) in [6, 6.07) is 3.65. The maximum absolute atomic E-state index is 9.99. The van der Waals surface area contributed by atoms with E-state index in [2.05, 4.69) is 47.0 Å². The first-order valence-electron chi connectivity index (χ1n) is 10.7. The van der Waals surface area contributed by atoms with Gasteiger partial charge in [0.15, 0.2) is 8.32 Å². The van der Waals surface area contributed by atoms with Crippen molar-refractivity contribution in [3.05, 3.63) is 43.0 Å². The highest BCUT2D eigenvalue weighted by Crippen LogP contribution is 2.37. The van der Waals surface area contributed by atoms with Crippen LogP contribution in [-0.4, -0.2) is 38.7 Å². The van der Waals surface area contributed by atoms with Crippen molar-refractivity contribution in [3.8, 4) is 11.5 Å². The second-order valence-electron chi connectivity index (χ2n) is 8.99. The van der Waals surface area contributed by atoms with Crippen molar-refractivity contribution in [1.29, 1.82) is 0 Å². The SMILES string of the molecule is C=CCCCOc1cc(CO[Si](C)(C)C(C)(C)C)cc(OCCCC=C)c1B(O)O. The molecule has 5 nitrogen and oxygen atoms in total. The van der Waals surface area contributed by atoms with Gasteiger partial charge in [0.25, 0.3) is 0 Å². The topological polar surface area (TPSA) is 68.2 Å². The quantitative estimate of drug-likeness (QED) is 0.255. The second-order valence-corrected chi connectivity index (χ2v) is 13.8. The Morgan fingerprint density at radius 2 is 1.43 bits per heavy atom. The van der Waals surface area contributed by atoms with E-state index in [1.807, 2.05) is 24.3 Å². The molecule has 0 aliphatic rings.